The van der Waals surface area contributed by atoms with Gasteiger partial charge < -0.3 is 4.74 Å². The SMILES string of the molecule is Cc1nn(C)c(Cl)c1C(=O)OC1=CC(=O)CCC1. The zero-order chi connectivity index (χ0) is 13.3. The largest absolute Gasteiger partial charge is 0.427 e. The van der Waals surface area contributed by atoms with Crippen LogP contribution in [0.3, 0.4) is 0 Å². The van der Waals surface area contributed by atoms with E-state index in [4.69, 9.17) is 16.3 Å². The van der Waals surface area contributed by atoms with Crippen molar-refractivity contribution in [1.82, 2.24) is 9.78 Å². The molecular weight excluding hydrogens is 256 g/mol. The fourth-order valence-electron chi connectivity index (χ4n) is 1.87. The van der Waals surface area contributed by atoms with Gasteiger partial charge in [-0.1, -0.05) is 11.6 Å². The van der Waals surface area contributed by atoms with Crippen LogP contribution in [0.15, 0.2) is 11.8 Å². The van der Waals surface area contributed by atoms with E-state index in [1.807, 2.05) is 0 Å². The molecule has 1 aliphatic carbocycles. The summed E-state index contributed by atoms with van der Waals surface area (Å²) in [4.78, 5) is 23.2. The highest BCUT2D eigenvalue weighted by Gasteiger charge is 2.22. The van der Waals surface area contributed by atoms with Gasteiger partial charge in [-0.3, -0.25) is 9.48 Å². The van der Waals surface area contributed by atoms with Crippen molar-refractivity contribution in [3.63, 3.8) is 0 Å². The Morgan fingerprint density at radius 2 is 2.22 bits per heavy atom. The van der Waals surface area contributed by atoms with Crippen LogP contribution in [0.5, 0.6) is 0 Å². The number of ether oxygens (including phenoxy) is 1. The van der Waals surface area contributed by atoms with Gasteiger partial charge in [-0.2, -0.15) is 5.10 Å². The first kappa shape index (κ1) is 12.8. The molecule has 0 radical (unpaired) electrons. The van der Waals surface area contributed by atoms with E-state index in [-0.39, 0.29) is 16.5 Å². The molecule has 0 aromatic carbocycles. The van der Waals surface area contributed by atoms with Gasteiger partial charge in [-0.05, 0) is 13.3 Å². The Balaban J connectivity index is 2.20. The molecule has 1 heterocycles. The summed E-state index contributed by atoms with van der Waals surface area (Å²) in [5, 5.41) is 4.27. The third kappa shape index (κ3) is 2.46. The van der Waals surface area contributed by atoms with Crippen LogP contribution in [0.2, 0.25) is 5.15 Å². The number of aryl methyl sites for hydroxylation is 2. The van der Waals surface area contributed by atoms with Crippen molar-refractivity contribution >= 4 is 23.4 Å². The number of allylic oxidation sites excluding steroid dienone is 2. The summed E-state index contributed by atoms with van der Waals surface area (Å²) in [7, 11) is 1.65. The zero-order valence-corrected chi connectivity index (χ0v) is 11.0. The first-order chi connectivity index (χ1) is 8.49. The van der Waals surface area contributed by atoms with Crippen molar-refractivity contribution in [2.24, 2.45) is 7.05 Å². The monoisotopic (exact) mass is 268 g/mol. The fraction of sp³-hybridized carbons (Fsp3) is 0.417. The predicted octanol–water partition coefficient (Wildman–Crippen LogP) is 2.18. The number of esters is 1. The molecular formula is C12H13ClN2O3. The highest BCUT2D eigenvalue weighted by atomic mass is 35.5. The van der Waals surface area contributed by atoms with Crippen LogP contribution in [0.1, 0.15) is 35.3 Å². The van der Waals surface area contributed by atoms with E-state index in [2.05, 4.69) is 5.10 Å². The summed E-state index contributed by atoms with van der Waals surface area (Å²) in [6.07, 6.45) is 3.18. The van der Waals surface area contributed by atoms with Gasteiger partial charge in [0.15, 0.2) is 5.78 Å². The molecule has 0 amide bonds. The van der Waals surface area contributed by atoms with Crippen LogP contribution in [-0.4, -0.2) is 21.5 Å². The Kier molecular flexibility index (Phi) is 3.52. The number of hydrogen-bond donors (Lipinski definition) is 0. The van der Waals surface area contributed by atoms with E-state index < -0.39 is 5.97 Å². The number of rotatable bonds is 2. The van der Waals surface area contributed by atoms with E-state index >= 15 is 0 Å². The maximum absolute atomic E-state index is 12.0. The predicted molar refractivity (Wildman–Crippen MR) is 65.3 cm³/mol. The topological polar surface area (TPSA) is 61.2 Å². The lowest BCUT2D eigenvalue weighted by Crippen LogP contribution is -2.11. The molecule has 2 rings (SSSR count). The zero-order valence-electron chi connectivity index (χ0n) is 10.2. The molecule has 0 N–H and O–H groups in total. The lowest BCUT2D eigenvalue weighted by Gasteiger charge is -2.11. The van der Waals surface area contributed by atoms with Crippen molar-refractivity contribution in [1.29, 1.82) is 0 Å². The summed E-state index contributed by atoms with van der Waals surface area (Å²) < 4.78 is 6.60. The maximum atomic E-state index is 12.0. The van der Waals surface area contributed by atoms with Crippen LogP contribution in [0, 0.1) is 6.92 Å². The van der Waals surface area contributed by atoms with Crippen LogP contribution in [0.4, 0.5) is 0 Å². The number of nitrogens with zero attached hydrogens (tertiary/aromatic N) is 2. The Morgan fingerprint density at radius 3 is 2.78 bits per heavy atom. The normalized spacial score (nSPS) is 15.5. The molecule has 0 unspecified atom stereocenters. The maximum Gasteiger partial charge on any atom is 0.348 e. The molecule has 6 heteroatoms. The van der Waals surface area contributed by atoms with Gasteiger partial charge >= 0.3 is 5.97 Å². The number of carbonyl (C=O) groups excluding carboxylic acids is 2. The third-order valence-electron chi connectivity index (χ3n) is 2.75. The lowest BCUT2D eigenvalue weighted by molar-refractivity contribution is -0.115. The Hall–Kier alpha value is -1.62. The molecule has 0 bridgehead atoms. The Labute approximate surface area is 109 Å². The molecule has 96 valence electrons. The minimum Gasteiger partial charge on any atom is -0.427 e. The summed E-state index contributed by atoms with van der Waals surface area (Å²) in [6, 6.07) is 0. The van der Waals surface area contributed by atoms with E-state index in [1.54, 1.807) is 14.0 Å². The smallest absolute Gasteiger partial charge is 0.348 e. The summed E-state index contributed by atoms with van der Waals surface area (Å²) in [6.45, 7) is 1.68. The highest BCUT2D eigenvalue weighted by molar-refractivity contribution is 6.32. The van der Waals surface area contributed by atoms with Gasteiger partial charge in [0.2, 0.25) is 0 Å². The molecule has 0 saturated carbocycles. The average Bonchev–Trinajstić information content (AvgIpc) is 2.53. The van der Waals surface area contributed by atoms with Gasteiger partial charge in [0.05, 0.1) is 5.69 Å². The van der Waals surface area contributed by atoms with Gasteiger partial charge in [0.1, 0.15) is 16.5 Å². The van der Waals surface area contributed by atoms with Gasteiger partial charge in [0, 0.05) is 26.0 Å². The quantitative estimate of drug-likeness (QED) is 0.771. The first-order valence-corrected chi connectivity index (χ1v) is 6.01. The van der Waals surface area contributed by atoms with Crippen molar-refractivity contribution in [2.75, 3.05) is 0 Å². The summed E-state index contributed by atoms with van der Waals surface area (Å²) in [5.41, 5.74) is 0.758. The fourth-order valence-corrected chi connectivity index (χ4v) is 2.12. The van der Waals surface area contributed by atoms with E-state index in [1.165, 1.54) is 10.8 Å². The number of ketones is 1. The summed E-state index contributed by atoms with van der Waals surface area (Å²) >= 11 is 5.97. The van der Waals surface area contributed by atoms with Crippen LogP contribution in [-0.2, 0) is 16.6 Å². The van der Waals surface area contributed by atoms with Crippen LogP contribution in [0.25, 0.3) is 0 Å². The molecule has 5 nitrogen and oxygen atoms in total. The lowest BCUT2D eigenvalue weighted by atomic mass is 10.1. The second kappa shape index (κ2) is 4.94. The molecule has 0 aliphatic heterocycles. The minimum absolute atomic E-state index is 0.0157. The minimum atomic E-state index is -0.563. The molecule has 1 aromatic rings. The van der Waals surface area contributed by atoms with Crippen LogP contribution < -0.4 is 0 Å². The summed E-state index contributed by atoms with van der Waals surface area (Å²) in [5.74, 6) is -0.180. The van der Waals surface area contributed by atoms with Crippen LogP contribution >= 0.6 is 11.6 Å². The first-order valence-electron chi connectivity index (χ1n) is 5.63. The molecule has 0 spiro atoms. The Bertz CT molecular complexity index is 546. The van der Waals surface area contributed by atoms with Crippen molar-refractivity contribution in [3.05, 3.63) is 28.2 Å². The standard InChI is InChI=1S/C12H13ClN2O3/c1-7-10(11(13)15(2)14-7)12(17)18-9-5-3-4-8(16)6-9/h6H,3-5H2,1-2H3. The average molecular weight is 269 g/mol. The second-order valence-corrected chi connectivity index (χ2v) is 4.55. The van der Waals surface area contributed by atoms with Gasteiger partial charge in [0.25, 0.3) is 0 Å². The number of hydrogen-bond acceptors (Lipinski definition) is 4. The second-order valence-electron chi connectivity index (χ2n) is 4.19. The Morgan fingerprint density at radius 1 is 1.50 bits per heavy atom. The number of carbonyl (C=O) groups is 2. The highest BCUT2D eigenvalue weighted by Crippen LogP contribution is 2.23. The van der Waals surface area contributed by atoms with Crippen molar-refractivity contribution in [3.8, 4) is 0 Å². The molecule has 0 fully saturated rings. The molecule has 0 atom stereocenters. The van der Waals surface area contributed by atoms with E-state index in [0.717, 1.165) is 0 Å². The molecule has 1 aromatic heterocycles. The number of aromatic nitrogens is 2. The van der Waals surface area contributed by atoms with E-state index in [0.29, 0.717) is 30.7 Å². The number of halogens is 1. The van der Waals surface area contributed by atoms with Gasteiger partial charge in [-0.15, -0.1) is 0 Å². The van der Waals surface area contributed by atoms with Crippen molar-refractivity contribution < 1.29 is 14.3 Å². The molecule has 0 saturated heterocycles. The van der Waals surface area contributed by atoms with Crippen molar-refractivity contribution in [2.45, 2.75) is 26.2 Å². The molecule has 1 aliphatic rings. The van der Waals surface area contributed by atoms with Gasteiger partial charge in [-0.25, -0.2) is 4.79 Å². The molecule has 18 heavy (non-hydrogen) atoms. The van der Waals surface area contributed by atoms with E-state index in [9.17, 15) is 9.59 Å². The third-order valence-corrected chi connectivity index (χ3v) is 3.18.